The van der Waals surface area contributed by atoms with E-state index >= 15 is 0 Å². The quantitative estimate of drug-likeness (QED) is 0.921. The topological polar surface area (TPSA) is 24.9 Å². The molecule has 0 atom stereocenters. The molecule has 2 nitrogen and oxygen atoms in total. The van der Waals surface area contributed by atoms with Crippen molar-refractivity contribution in [3.63, 3.8) is 0 Å². The maximum Gasteiger partial charge on any atom is 0.417 e. The van der Waals surface area contributed by atoms with Gasteiger partial charge in [-0.15, -0.1) is 11.3 Å². The van der Waals surface area contributed by atoms with E-state index in [0.717, 1.165) is 17.6 Å². The third kappa shape index (κ3) is 3.33. The molecule has 102 valence electrons. The van der Waals surface area contributed by atoms with E-state index in [4.69, 9.17) is 0 Å². The Balaban J connectivity index is 2.34. The molecule has 0 aliphatic rings. The fourth-order valence-electron chi connectivity index (χ4n) is 1.70. The zero-order chi connectivity index (χ0) is 13.9. The van der Waals surface area contributed by atoms with Crippen LogP contribution in [0.15, 0.2) is 29.6 Å². The lowest BCUT2D eigenvalue weighted by atomic mass is 10.1. The number of thiazole rings is 1. The first-order valence-electron chi connectivity index (χ1n) is 5.84. The summed E-state index contributed by atoms with van der Waals surface area (Å²) in [5, 5.41) is 5.55. The highest BCUT2D eigenvalue weighted by atomic mass is 32.1. The highest BCUT2D eigenvalue weighted by molar-refractivity contribution is 7.09. The van der Waals surface area contributed by atoms with Crippen LogP contribution in [-0.2, 0) is 12.7 Å². The molecule has 0 bridgehead atoms. The lowest BCUT2D eigenvalue weighted by molar-refractivity contribution is -0.137. The summed E-state index contributed by atoms with van der Waals surface area (Å²) in [5.41, 5.74) is -0.130. The first kappa shape index (κ1) is 14.0. The second-order valence-electron chi connectivity index (χ2n) is 3.95. The van der Waals surface area contributed by atoms with Crippen LogP contribution in [0.3, 0.4) is 0 Å². The van der Waals surface area contributed by atoms with Crippen molar-refractivity contribution >= 4 is 11.3 Å². The molecule has 2 rings (SSSR count). The van der Waals surface area contributed by atoms with Crippen LogP contribution in [0, 0.1) is 0 Å². The first-order chi connectivity index (χ1) is 9.02. The zero-order valence-electron chi connectivity index (χ0n) is 10.3. The number of hydrogen-bond acceptors (Lipinski definition) is 3. The van der Waals surface area contributed by atoms with Gasteiger partial charge in [0, 0.05) is 17.5 Å². The minimum absolute atomic E-state index is 0.133. The predicted molar refractivity (Wildman–Crippen MR) is 69.9 cm³/mol. The molecule has 0 unspecified atom stereocenters. The normalized spacial score (nSPS) is 11.8. The molecule has 0 aliphatic carbocycles. The third-order valence-electron chi connectivity index (χ3n) is 2.59. The van der Waals surface area contributed by atoms with Crippen molar-refractivity contribution in [3.05, 3.63) is 40.2 Å². The van der Waals surface area contributed by atoms with Crippen molar-refractivity contribution in [1.82, 2.24) is 10.3 Å². The second-order valence-corrected chi connectivity index (χ2v) is 4.89. The molecule has 1 N–H and O–H groups in total. The van der Waals surface area contributed by atoms with Gasteiger partial charge in [-0.3, -0.25) is 0 Å². The molecule has 0 spiro atoms. The van der Waals surface area contributed by atoms with E-state index in [-0.39, 0.29) is 5.56 Å². The number of hydrogen-bond donors (Lipinski definition) is 1. The fraction of sp³-hybridized carbons (Fsp3) is 0.308. The van der Waals surface area contributed by atoms with Gasteiger partial charge in [-0.1, -0.05) is 25.1 Å². The maximum absolute atomic E-state index is 12.9. The van der Waals surface area contributed by atoms with E-state index in [1.165, 1.54) is 23.5 Å². The summed E-state index contributed by atoms with van der Waals surface area (Å²) < 4.78 is 38.7. The molecule has 6 heteroatoms. The summed E-state index contributed by atoms with van der Waals surface area (Å²) in [6, 6.07) is 5.51. The number of nitrogens with zero attached hydrogens (tertiary/aromatic N) is 1. The molecular weight excluding hydrogens is 273 g/mol. The largest absolute Gasteiger partial charge is 0.417 e. The fourth-order valence-corrected chi connectivity index (χ4v) is 2.47. The standard InChI is InChI=1S/C13H13F3N2S/c1-2-17-7-12-18-11(8-19-12)9-5-3-4-6-10(9)13(14,15)16/h3-6,8,17H,2,7H2,1H3. The van der Waals surface area contributed by atoms with Crippen molar-refractivity contribution in [1.29, 1.82) is 0 Å². The van der Waals surface area contributed by atoms with Crippen molar-refractivity contribution in [3.8, 4) is 11.3 Å². The molecular formula is C13H13F3N2S. The van der Waals surface area contributed by atoms with Gasteiger partial charge in [0.15, 0.2) is 0 Å². The van der Waals surface area contributed by atoms with E-state index in [0.29, 0.717) is 12.2 Å². The molecule has 0 aliphatic heterocycles. The van der Waals surface area contributed by atoms with Crippen LogP contribution in [-0.4, -0.2) is 11.5 Å². The van der Waals surface area contributed by atoms with E-state index in [1.807, 2.05) is 6.92 Å². The van der Waals surface area contributed by atoms with Crippen LogP contribution in [0.5, 0.6) is 0 Å². The van der Waals surface area contributed by atoms with Gasteiger partial charge >= 0.3 is 6.18 Å². The van der Waals surface area contributed by atoms with Crippen LogP contribution in [0.25, 0.3) is 11.3 Å². The van der Waals surface area contributed by atoms with Gasteiger partial charge in [-0.2, -0.15) is 13.2 Å². The van der Waals surface area contributed by atoms with E-state index in [1.54, 1.807) is 11.4 Å². The van der Waals surface area contributed by atoms with E-state index in [2.05, 4.69) is 10.3 Å². The van der Waals surface area contributed by atoms with Crippen molar-refractivity contribution in [2.75, 3.05) is 6.54 Å². The molecule has 1 aromatic carbocycles. The Morgan fingerprint density at radius 2 is 2.00 bits per heavy atom. The maximum atomic E-state index is 12.9. The Morgan fingerprint density at radius 1 is 1.26 bits per heavy atom. The molecule has 0 amide bonds. The Labute approximate surface area is 113 Å². The average Bonchev–Trinajstić information content (AvgIpc) is 2.84. The summed E-state index contributed by atoms with van der Waals surface area (Å²) in [5.74, 6) is 0. The van der Waals surface area contributed by atoms with Crippen LogP contribution in [0.2, 0.25) is 0 Å². The smallest absolute Gasteiger partial charge is 0.311 e. The summed E-state index contributed by atoms with van der Waals surface area (Å²) in [7, 11) is 0. The predicted octanol–water partition coefficient (Wildman–Crippen LogP) is 3.94. The Hall–Kier alpha value is -1.40. The Morgan fingerprint density at radius 3 is 2.68 bits per heavy atom. The molecule has 2 aromatic rings. The number of halogens is 3. The van der Waals surface area contributed by atoms with Crippen molar-refractivity contribution < 1.29 is 13.2 Å². The molecule has 0 radical (unpaired) electrons. The highest BCUT2D eigenvalue weighted by Gasteiger charge is 2.33. The van der Waals surface area contributed by atoms with Gasteiger partial charge < -0.3 is 5.32 Å². The van der Waals surface area contributed by atoms with Gasteiger partial charge in [0.25, 0.3) is 0 Å². The lowest BCUT2D eigenvalue weighted by Gasteiger charge is -2.10. The number of alkyl halides is 3. The molecule has 0 saturated carbocycles. The molecule has 1 heterocycles. The molecule has 19 heavy (non-hydrogen) atoms. The van der Waals surface area contributed by atoms with Crippen LogP contribution < -0.4 is 5.32 Å². The van der Waals surface area contributed by atoms with Gasteiger partial charge in [0.05, 0.1) is 11.3 Å². The summed E-state index contributed by atoms with van der Waals surface area (Å²) in [6.45, 7) is 3.34. The van der Waals surface area contributed by atoms with Crippen LogP contribution >= 0.6 is 11.3 Å². The summed E-state index contributed by atoms with van der Waals surface area (Å²) in [6.07, 6.45) is -4.36. The van der Waals surface area contributed by atoms with Gasteiger partial charge in [0.2, 0.25) is 0 Å². The number of rotatable bonds is 4. The number of aromatic nitrogens is 1. The molecule has 0 fully saturated rings. The SMILES string of the molecule is CCNCc1nc(-c2ccccc2C(F)(F)F)cs1. The molecule has 1 aromatic heterocycles. The number of benzene rings is 1. The van der Waals surface area contributed by atoms with Gasteiger partial charge in [-0.05, 0) is 12.6 Å². The van der Waals surface area contributed by atoms with Crippen molar-refractivity contribution in [2.24, 2.45) is 0 Å². The van der Waals surface area contributed by atoms with Gasteiger partial charge in [0.1, 0.15) is 5.01 Å². The Kier molecular flexibility index (Phi) is 4.21. The minimum Gasteiger partial charge on any atom is -0.311 e. The minimum atomic E-state index is -4.36. The number of nitrogens with one attached hydrogen (secondary N) is 1. The third-order valence-corrected chi connectivity index (χ3v) is 3.44. The summed E-state index contributed by atoms with van der Waals surface area (Å²) in [4.78, 5) is 4.25. The first-order valence-corrected chi connectivity index (χ1v) is 6.72. The monoisotopic (exact) mass is 286 g/mol. The lowest BCUT2D eigenvalue weighted by Crippen LogP contribution is -2.11. The average molecular weight is 286 g/mol. The Bertz CT molecular complexity index is 549. The van der Waals surface area contributed by atoms with E-state index < -0.39 is 11.7 Å². The zero-order valence-corrected chi connectivity index (χ0v) is 11.1. The van der Waals surface area contributed by atoms with Crippen LogP contribution in [0.1, 0.15) is 17.5 Å². The summed E-state index contributed by atoms with van der Waals surface area (Å²) >= 11 is 1.36. The van der Waals surface area contributed by atoms with E-state index in [9.17, 15) is 13.2 Å². The molecule has 0 saturated heterocycles. The van der Waals surface area contributed by atoms with Crippen LogP contribution in [0.4, 0.5) is 13.2 Å². The van der Waals surface area contributed by atoms with Crippen molar-refractivity contribution in [2.45, 2.75) is 19.6 Å². The van der Waals surface area contributed by atoms with Gasteiger partial charge in [-0.25, -0.2) is 4.98 Å². The highest BCUT2D eigenvalue weighted by Crippen LogP contribution is 2.37. The second kappa shape index (κ2) is 5.71.